The van der Waals surface area contributed by atoms with E-state index in [1.165, 1.54) is 19.3 Å². The van der Waals surface area contributed by atoms with E-state index in [9.17, 15) is 9.90 Å². The Hall–Kier alpha value is -0.610. The van der Waals surface area contributed by atoms with E-state index in [0.29, 0.717) is 13.2 Å². The van der Waals surface area contributed by atoms with Crippen LogP contribution >= 0.6 is 0 Å². The second kappa shape index (κ2) is 6.71. The molecule has 0 bridgehead atoms. The van der Waals surface area contributed by atoms with Crippen molar-refractivity contribution < 1.29 is 14.6 Å². The van der Waals surface area contributed by atoms with Crippen LogP contribution in [-0.4, -0.2) is 36.9 Å². The number of nitrogens with one attached hydrogen (secondary N) is 1. The Balaban J connectivity index is 1.85. The first-order valence-corrected chi connectivity index (χ1v) is 7.71. The van der Waals surface area contributed by atoms with Crippen LogP contribution in [0, 0.1) is 11.3 Å². The van der Waals surface area contributed by atoms with Crippen molar-refractivity contribution in [2.75, 3.05) is 19.8 Å². The lowest BCUT2D eigenvalue weighted by Crippen LogP contribution is -2.44. The fourth-order valence-corrected chi connectivity index (χ4v) is 3.45. The summed E-state index contributed by atoms with van der Waals surface area (Å²) in [5.41, 5.74) is -0.0743. The lowest BCUT2D eigenvalue weighted by Gasteiger charge is -2.36. The molecule has 1 heterocycles. The number of amides is 1. The highest BCUT2D eigenvalue weighted by atomic mass is 16.5. The van der Waals surface area contributed by atoms with Crippen LogP contribution in [-0.2, 0) is 9.53 Å². The third kappa shape index (κ3) is 3.48. The number of rotatable bonds is 5. The minimum absolute atomic E-state index is 0.00401. The van der Waals surface area contributed by atoms with Gasteiger partial charge in [0.25, 0.3) is 0 Å². The van der Waals surface area contributed by atoms with Crippen molar-refractivity contribution in [1.29, 1.82) is 0 Å². The summed E-state index contributed by atoms with van der Waals surface area (Å²) in [5.74, 6) is 0.118. The molecule has 1 aliphatic heterocycles. The number of carbonyl (C=O) groups excluding carboxylic acids is 1. The van der Waals surface area contributed by atoms with E-state index in [1.54, 1.807) is 0 Å². The number of aliphatic hydroxyl groups is 1. The second-order valence-electron chi connectivity index (χ2n) is 6.15. The Kier molecular flexibility index (Phi) is 5.22. The van der Waals surface area contributed by atoms with Gasteiger partial charge in [0.05, 0.1) is 18.6 Å². The van der Waals surface area contributed by atoms with Gasteiger partial charge in [-0.05, 0) is 25.7 Å². The maximum atomic E-state index is 12.2. The minimum atomic E-state index is -0.0743. The first-order valence-electron chi connectivity index (χ1n) is 7.71. The van der Waals surface area contributed by atoms with Crippen LogP contribution in [0.1, 0.15) is 51.9 Å². The van der Waals surface area contributed by atoms with Crippen LogP contribution in [0.3, 0.4) is 0 Å². The van der Waals surface area contributed by atoms with Crippen LogP contribution in [0.25, 0.3) is 0 Å². The molecule has 2 fully saturated rings. The molecular weight excluding hydrogens is 242 g/mol. The molecule has 0 aromatic carbocycles. The zero-order valence-electron chi connectivity index (χ0n) is 12.0. The summed E-state index contributed by atoms with van der Waals surface area (Å²) < 4.78 is 5.57. The average Bonchev–Trinajstić information content (AvgIpc) is 2.94. The van der Waals surface area contributed by atoms with E-state index in [0.717, 1.165) is 25.7 Å². The van der Waals surface area contributed by atoms with Crippen LogP contribution in [0.15, 0.2) is 0 Å². The van der Waals surface area contributed by atoms with Crippen LogP contribution in [0.2, 0.25) is 0 Å². The summed E-state index contributed by atoms with van der Waals surface area (Å²) in [6.07, 6.45) is 7.45. The Morgan fingerprint density at radius 3 is 2.74 bits per heavy atom. The molecule has 2 N–H and O–H groups in total. The van der Waals surface area contributed by atoms with Gasteiger partial charge in [-0.3, -0.25) is 4.79 Å². The number of aliphatic hydroxyl groups excluding tert-OH is 1. The van der Waals surface area contributed by atoms with E-state index < -0.39 is 0 Å². The van der Waals surface area contributed by atoms with Crippen molar-refractivity contribution in [3.63, 3.8) is 0 Å². The lowest BCUT2D eigenvalue weighted by atomic mass is 9.74. The SMILES string of the molecule is CCC1OCCC1C(=O)NCC1(CO)CCCCC1. The first kappa shape index (κ1) is 14.8. The zero-order chi connectivity index (χ0) is 13.7. The fraction of sp³-hybridized carbons (Fsp3) is 0.933. The predicted molar refractivity (Wildman–Crippen MR) is 73.8 cm³/mol. The molecule has 19 heavy (non-hydrogen) atoms. The topological polar surface area (TPSA) is 58.6 Å². The van der Waals surface area contributed by atoms with Gasteiger partial charge in [0, 0.05) is 18.6 Å². The highest BCUT2D eigenvalue weighted by Crippen LogP contribution is 2.35. The standard InChI is InChI=1S/C15H27NO3/c1-2-13-12(6-9-19-13)14(18)16-10-15(11-17)7-4-3-5-8-15/h12-13,17H,2-11H2,1H3,(H,16,18). The smallest absolute Gasteiger partial charge is 0.225 e. The molecule has 2 rings (SSSR count). The van der Waals surface area contributed by atoms with Gasteiger partial charge in [-0.15, -0.1) is 0 Å². The van der Waals surface area contributed by atoms with Crippen LogP contribution in [0.4, 0.5) is 0 Å². The summed E-state index contributed by atoms with van der Waals surface area (Å²) in [7, 11) is 0. The lowest BCUT2D eigenvalue weighted by molar-refractivity contribution is -0.127. The Bertz CT molecular complexity index is 300. The molecule has 2 atom stereocenters. The Labute approximate surface area is 115 Å². The van der Waals surface area contributed by atoms with Crippen molar-refractivity contribution in [3.05, 3.63) is 0 Å². The zero-order valence-corrected chi connectivity index (χ0v) is 12.0. The fourth-order valence-electron chi connectivity index (χ4n) is 3.45. The molecule has 1 aliphatic carbocycles. The van der Waals surface area contributed by atoms with Gasteiger partial charge in [0.1, 0.15) is 0 Å². The van der Waals surface area contributed by atoms with E-state index in [4.69, 9.17) is 4.74 Å². The molecule has 0 spiro atoms. The minimum Gasteiger partial charge on any atom is -0.396 e. The molecule has 4 nitrogen and oxygen atoms in total. The third-order valence-electron chi connectivity index (χ3n) is 4.84. The van der Waals surface area contributed by atoms with Crippen molar-refractivity contribution in [2.45, 2.75) is 58.0 Å². The third-order valence-corrected chi connectivity index (χ3v) is 4.84. The molecule has 2 aliphatic rings. The molecule has 0 radical (unpaired) electrons. The second-order valence-corrected chi connectivity index (χ2v) is 6.15. The van der Waals surface area contributed by atoms with Gasteiger partial charge in [0.15, 0.2) is 0 Å². The molecule has 2 unspecified atom stereocenters. The van der Waals surface area contributed by atoms with Gasteiger partial charge < -0.3 is 15.2 Å². The van der Waals surface area contributed by atoms with Gasteiger partial charge >= 0.3 is 0 Å². The summed E-state index contributed by atoms with van der Waals surface area (Å²) in [6, 6.07) is 0. The largest absolute Gasteiger partial charge is 0.396 e. The number of hydrogen-bond donors (Lipinski definition) is 2. The van der Waals surface area contributed by atoms with E-state index in [1.807, 2.05) is 0 Å². The van der Waals surface area contributed by atoms with Crippen LogP contribution < -0.4 is 5.32 Å². The number of hydrogen-bond acceptors (Lipinski definition) is 3. The molecule has 110 valence electrons. The van der Waals surface area contributed by atoms with E-state index in [-0.39, 0.29) is 30.0 Å². The maximum Gasteiger partial charge on any atom is 0.225 e. The molecule has 1 saturated heterocycles. The van der Waals surface area contributed by atoms with Gasteiger partial charge in [-0.2, -0.15) is 0 Å². The number of carbonyl (C=O) groups is 1. The van der Waals surface area contributed by atoms with Crippen molar-refractivity contribution in [3.8, 4) is 0 Å². The van der Waals surface area contributed by atoms with Gasteiger partial charge in [0.2, 0.25) is 5.91 Å². The predicted octanol–water partition coefficient (Wildman–Crippen LogP) is 1.86. The maximum absolute atomic E-state index is 12.2. The van der Waals surface area contributed by atoms with Crippen molar-refractivity contribution in [1.82, 2.24) is 5.32 Å². The monoisotopic (exact) mass is 269 g/mol. The molecular formula is C15H27NO3. The molecule has 1 saturated carbocycles. The number of ether oxygens (including phenoxy) is 1. The molecule has 0 aromatic rings. The molecule has 0 aromatic heterocycles. The summed E-state index contributed by atoms with van der Waals surface area (Å²) >= 11 is 0. The Morgan fingerprint density at radius 2 is 2.11 bits per heavy atom. The summed E-state index contributed by atoms with van der Waals surface area (Å²) in [5, 5.41) is 12.7. The van der Waals surface area contributed by atoms with Gasteiger partial charge in [-0.1, -0.05) is 26.2 Å². The average molecular weight is 269 g/mol. The summed E-state index contributed by atoms with van der Waals surface area (Å²) in [6.45, 7) is 3.56. The normalized spacial score (nSPS) is 30.2. The summed E-state index contributed by atoms with van der Waals surface area (Å²) in [4.78, 5) is 12.2. The molecule has 1 amide bonds. The first-order chi connectivity index (χ1) is 9.21. The van der Waals surface area contributed by atoms with Crippen LogP contribution in [0.5, 0.6) is 0 Å². The van der Waals surface area contributed by atoms with E-state index >= 15 is 0 Å². The highest BCUT2D eigenvalue weighted by Gasteiger charge is 2.36. The molecule has 4 heteroatoms. The Morgan fingerprint density at radius 1 is 1.37 bits per heavy atom. The quantitative estimate of drug-likeness (QED) is 0.801. The van der Waals surface area contributed by atoms with Crippen molar-refractivity contribution in [2.24, 2.45) is 11.3 Å². The van der Waals surface area contributed by atoms with Gasteiger partial charge in [-0.25, -0.2) is 0 Å². The van der Waals surface area contributed by atoms with E-state index in [2.05, 4.69) is 12.2 Å². The van der Waals surface area contributed by atoms with Crippen molar-refractivity contribution >= 4 is 5.91 Å². The highest BCUT2D eigenvalue weighted by molar-refractivity contribution is 5.79.